The molecule has 2 N–H and O–H groups in total. The highest BCUT2D eigenvalue weighted by molar-refractivity contribution is 5.79. The minimum atomic E-state index is -2.89. The van der Waals surface area contributed by atoms with E-state index in [4.69, 9.17) is 0 Å². The van der Waals surface area contributed by atoms with E-state index in [1.165, 1.54) is 12.1 Å². The number of rotatable bonds is 3. The van der Waals surface area contributed by atoms with Gasteiger partial charge in [0.1, 0.15) is 0 Å². The summed E-state index contributed by atoms with van der Waals surface area (Å²) in [6, 6.07) is 7.73. The van der Waals surface area contributed by atoms with Gasteiger partial charge in [0.05, 0.1) is 0 Å². The monoisotopic (exact) mass is 256 g/mol. The predicted molar refractivity (Wildman–Crippen MR) is 60.3 cm³/mol. The van der Waals surface area contributed by atoms with E-state index in [1.54, 1.807) is 18.2 Å². The summed E-state index contributed by atoms with van der Waals surface area (Å²) in [6.45, 7) is 0. The summed E-state index contributed by atoms with van der Waals surface area (Å²) >= 11 is 0. The van der Waals surface area contributed by atoms with E-state index in [0.717, 1.165) is 0 Å². The van der Waals surface area contributed by atoms with Crippen LogP contribution < -0.4 is 0 Å². The molecule has 0 radical (unpaired) electrons. The van der Waals surface area contributed by atoms with Gasteiger partial charge in [0, 0.05) is 18.8 Å². The van der Waals surface area contributed by atoms with Crippen LogP contribution >= 0.6 is 0 Å². The minimum Gasteiger partial charge on any atom is -0.479 e. The molecular weight excluding hydrogens is 242 g/mol. The highest BCUT2D eigenvalue weighted by Gasteiger charge is 2.53. The Bertz CT molecular complexity index is 447. The van der Waals surface area contributed by atoms with E-state index in [1.807, 2.05) is 0 Å². The Kier molecular flexibility index (Phi) is 3.11. The van der Waals surface area contributed by atoms with E-state index < -0.39 is 29.8 Å². The van der Waals surface area contributed by atoms with Crippen LogP contribution in [-0.4, -0.2) is 22.1 Å². The normalized spacial score (nSPS) is 25.6. The van der Waals surface area contributed by atoms with Crippen molar-refractivity contribution in [2.45, 2.75) is 30.8 Å². The first-order valence-corrected chi connectivity index (χ1v) is 5.75. The number of aliphatic carboxylic acids is 1. The number of carboxylic acid groups (broad SMARTS) is 1. The van der Waals surface area contributed by atoms with E-state index in [2.05, 4.69) is 0 Å². The molecule has 98 valence electrons. The fourth-order valence-electron chi connectivity index (χ4n) is 2.53. The molecule has 1 aliphatic carbocycles. The van der Waals surface area contributed by atoms with Crippen LogP contribution in [0.5, 0.6) is 0 Å². The van der Waals surface area contributed by atoms with Gasteiger partial charge in [-0.2, -0.15) is 0 Å². The highest BCUT2D eigenvalue weighted by atomic mass is 19.3. The molecule has 0 saturated heterocycles. The van der Waals surface area contributed by atoms with Crippen molar-refractivity contribution in [3.63, 3.8) is 0 Å². The lowest BCUT2D eigenvalue weighted by Gasteiger charge is -2.30. The smallest absolute Gasteiger partial charge is 0.340 e. The van der Waals surface area contributed by atoms with Crippen molar-refractivity contribution in [3.05, 3.63) is 35.9 Å². The molecule has 18 heavy (non-hydrogen) atoms. The summed E-state index contributed by atoms with van der Waals surface area (Å²) in [7, 11) is 0. The average Bonchev–Trinajstić information content (AvgIpc) is 2.70. The van der Waals surface area contributed by atoms with Gasteiger partial charge in [-0.15, -0.1) is 0 Å². The molecule has 0 bridgehead atoms. The van der Waals surface area contributed by atoms with Crippen LogP contribution in [0, 0.1) is 5.92 Å². The average molecular weight is 256 g/mol. The second-order valence-corrected chi connectivity index (χ2v) is 4.73. The lowest BCUT2D eigenvalue weighted by molar-refractivity contribution is -0.167. The van der Waals surface area contributed by atoms with Crippen LogP contribution in [-0.2, 0) is 10.4 Å². The van der Waals surface area contributed by atoms with Gasteiger partial charge < -0.3 is 10.2 Å². The highest BCUT2D eigenvalue weighted by Crippen LogP contribution is 2.47. The topological polar surface area (TPSA) is 57.5 Å². The van der Waals surface area contributed by atoms with Gasteiger partial charge in [0.15, 0.2) is 5.60 Å². The fraction of sp³-hybridized carbons (Fsp3) is 0.462. The lowest BCUT2D eigenvalue weighted by atomic mass is 9.80. The maximum absolute atomic E-state index is 13.2. The van der Waals surface area contributed by atoms with Crippen molar-refractivity contribution in [2.75, 3.05) is 0 Å². The molecule has 5 heteroatoms. The van der Waals surface area contributed by atoms with E-state index in [-0.39, 0.29) is 18.4 Å². The van der Waals surface area contributed by atoms with Crippen LogP contribution in [0.3, 0.4) is 0 Å². The first-order valence-electron chi connectivity index (χ1n) is 5.75. The van der Waals surface area contributed by atoms with Crippen molar-refractivity contribution in [2.24, 2.45) is 5.92 Å². The zero-order valence-electron chi connectivity index (χ0n) is 9.64. The first kappa shape index (κ1) is 13.0. The third kappa shape index (κ3) is 2.10. The number of carbonyl (C=O) groups is 1. The van der Waals surface area contributed by atoms with Crippen molar-refractivity contribution >= 4 is 5.97 Å². The number of hydrogen-bond donors (Lipinski definition) is 2. The van der Waals surface area contributed by atoms with Crippen LogP contribution in [0.1, 0.15) is 24.8 Å². The predicted octanol–water partition coefficient (Wildman–Crippen LogP) is 2.39. The Hall–Kier alpha value is -1.49. The maximum atomic E-state index is 13.2. The number of benzene rings is 1. The summed E-state index contributed by atoms with van der Waals surface area (Å²) in [4.78, 5) is 11.3. The number of hydrogen-bond acceptors (Lipinski definition) is 2. The SMILES string of the molecule is O=C(O)C(O)(c1ccccc1)[C@@H]1CCC(F)(F)C1. The third-order valence-electron chi connectivity index (χ3n) is 3.53. The second kappa shape index (κ2) is 4.31. The Morgan fingerprint density at radius 3 is 2.39 bits per heavy atom. The van der Waals surface area contributed by atoms with Crippen molar-refractivity contribution in [3.8, 4) is 0 Å². The first-order chi connectivity index (χ1) is 8.36. The molecule has 0 heterocycles. The summed E-state index contributed by atoms with van der Waals surface area (Å²) in [5, 5.41) is 19.6. The molecule has 0 aliphatic heterocycles. The van der Waals surface area contributed by atoms with Gasteiger partial charge >= 0.3 is 5.97 Å². The molecule has 1 aromatic carbocycles. The molecule has 1 aliphatic rings. The third-order valence-corrected chi connectivity index (χ3v) is 3.53. The molecule has 2 rings (SSSR count). The Morgan fingerprint density at radius 1 is 1.33 bits per heavy atom. The maximum Gasteiger partial charge on any atom is 0.340 e. The van der Waals surface area contributed by atoms with Gasteiger partial charge in [-0.05, 0) is 12.0 Å². The Labute approximate surface area is 103 Å². The van der Waals surface area contributed by atoms with Crippen molar-refractivity contribution in [1.82, 2.24) is 0 Å². The molecule has 0 aromatic heterocycles. The van der Waals surface area contributed by atoms with Gasteiger partial charge in [0.2, 0.25) is 5.92 Å². The number of alkyl halides is 2. The van der Waals surface area contributed by atoms with Gasteiger partial charge in [0.25, 0.3) is 0 Å². The molecule has 0 spiro atoms. The molecule has 0 amide bonds. The van der Waals surface area contributed by atoms with E-state index in [9.17, 15) is 23.8 Å². The van der Waals surface area contributed by atoms with Crippen molar-refractivity contribution in [1.29, 1.82) is 0 Å². The molecule has 1 aromatic rings. The van der Waals surface area contributed by atoms with Crippen LogP contribution in [0.25, 0.3) is 0 Å². The fourth-order valence-corrected chi connectivity index (χ4v) is 2.53. The standard InChI is InChI=1S/C13H14F2O3/c14-12(15)7-6-10(8-12)13(18,11(16)17)9-4-2-1-3-5-9/h1-5,10,18H,6-8H2,(H,16,17)/t10-,13?/m1/s1. The second-order valence-electron chi connectivity index (χ2n) is 4.73. The van der Waals surface area contributed by atoms with Gasteiger partial charge in [-0.3, -0.25) is 0 Å². The summed E-state index contributed by atoms with van der Waals surface area (Å²) < 4.78 is 26.4. The number of carboxylic acids is 1. The van der Waals surface area contributed by atoms with Crippen LogP contribution in [0.15, 0.2) is 30.3 Å². The molecular formula is C13H14F2O3. The van der Waals surface area contributed by atoms with Gasteiger partial charge in [-0.25, -0.2) is 13.6 Å². The summed E-state index contributed by atoms with van der Waals surface area (Å²) in [5.74, 6) is -5.33. The summed E-state index contributed by atoms with van der Waals surface area (Å²) in [6.07, 6.45) is -0.963. The van der Waals surface area contributed by atoms with Crippen molar-refractivity contribution < 1.29 is 23.8 Å². The number of halogens is 2. The molecule has 1 saturated carbocycles. The van der Waals surface area contributed by atoms with Crippen LogP contribution in [0.2, 0.25) is 0 Å². The Balaban J connectivity index is 2.37. The van der Waals surface area contributed by atoms with E-state index >= 15 is 0 Å². The quantitative estimate of drug-likeness (QED) is 0.873. The number of aliphatic hydroxyl groups is 1. The molecule has 2 atom stereocenters. The molecule has 1 unspecified atom stereocenters. The minimum absolute atomic E-state index is 0.00466. The zero-order chi connectivity index (χ0) is 13.4. The van der Waals surface area contributed by atoms with E-state index in [0.29, 0.717) is 0 Å². The Morgan fingerprint density at radius 2 is 1.94 bits per heavy atom. The lowest BCUT2D eigenvalue weighted by Crippen LogP contribution is -2.42. The summed E-state index contributed by atoms with van der Waals surface area (Å²) in [5.41, 5.74) is -2.08. The zero-order valence-corrected chi connectivity index (χ0v) is 9.64. The molecule has 1 fully saturated rings. The van der Waals surface area contributed by atoms with Gasteiger partial charge in [-0.1, -0.05) is 30.3 Å². The molecule has 3 nitrogen and oxygen atoms in total. The van der Waals surface area contributed by atoms with Crippen LogP contribution in [0.4, 0.5) is 8.78 Å². The largest absolute Gasteiger partial charge is 0.479 e.